The van der Waals surface area contributed by atoms with Crippen molar-refractivity contribution >= 4 is 5.91 Å². The minimum absolute atomic E-state index is 0.0141. The lowest BCUT2D eigenvalue weighted by Gasteiger charge is -2.20. The number of aromatic hydroxyl groups is 1. The van der Waals surface area contributed by atoms with E-state index in [0.717, 1.165) is 55.4 Å². The Bertz CT molecular complexity index is 1080. The Balaban J connectivity index is 1.34. The first-order valence-electron chi connectivity index (χ1n) is 11.4. The number of phenolic OH excluding ortho intramolecular Hbond substituents is 1. The lowest BCUT2D eigenvalue weighted by molar-refractivity contribution is -0.121. The van der Waals surface area contributed by atoms with Crippen LogP contribution in [0, 0.1) is 0 Å². The van der Waals surface area contributed by atoms with Crippen LogP contribution in [0.4, 0.5) is 0 Å². The summed E-state index contributed by atoms with van der Waals surface area (Å²) >= 11 is 0. The third kappa shape index (κ3) is 5.70. The topological polar surface area (TPSA) is 92.5 Å². The fraction of sp³-hybridized carbons (Fsp3) is 0.400. The largest absolute Gasteiger partial charge is 0.504 e. The molecule has 0 saturated carbocycles. The summed E-state index contributed by atoms with van der Waals surface area (Å²) in [5, 5.41) is 21.7. The highest BCUT2D eigenvalue weighted by Crippen LogP contribution is 2.27. The van der Waals surface area contributed by atoms with Gasteiger partial charge in [-0.05, 0) is 36.6 Å². The average Bonchev–Trinajstić information content (AvgIpc) is 3.14. The molecule has 0 unspecified atom stereocenters. The number of rotatable bonds is 8. The molecule has 4 rings (SSSR count). The van der Waals surface area contributed by atoms with E-state index < -0.39 is 0 Å². The number of hydrogen-bond acceptors (Lipinski definition) is 6. The van der Waals surface area contributed by atoms with Gasteiger partial charge in [0.1, 0.15) is 5.82 Å². The normalized spacial score (nSPS) is 14.8. The summed E-state index contributed by atoms with van der Waals surface area (Å²) in [4.78, 5) is 14.8. The molecule has 8 heteroatoms. The standard InChI is InChI=1S/C25H31N5O3/c1-18(26-24(32)11-9-19-6-4-3-5-7-19)25-28-27-23-12-13-29(14-15-30(23)25)17-20-8-10-21(31)22(16-20)33-2/h3-8,10,16,18,31H,9,11-15,17H2,1-2H3,(H,26,32)/t18-/m0/s1. The highest BCUT2D eigenvalue weighted by atomic mass is 16.5. The average molecular weight is 450 g/mol. The van der Waals surface area contributed by atoms with E-state index in [9.17, 15) is 9.90 Å². The molecule has 0 saturated heterocycles. The Morgan fingerprint density at radius 1 is 1.12 bits per heavy atom. The Labute approximate surface area is 194 Å². The van der Waals surface area contributed by atoms with E-state index >= 15 is 0 Å². The molecule has 1 atom stereocenters. The predicted molar refractivity (Wildman–Crippen MR) is 125 cm³/mol. The number of ether oxygens (including phenoxy) is 1. The van der Waals surface area contributed by atoms with Crippen LogP contribution in [-0.4, -0.2) is 50.9 Å². The molecule has 2 aromatic carbocycles. The van der Waals surface area contributed by atoms with Gasteiger partial charge in [0.05, 0.1) is 13.2 Å². The van der Waals surface area contributed by atoms with E-state index in [1.54, 1.807) is 13.2 Å². The number of carbonyl (C=O) groups excluding carboxylic acids is 1. The van der Waals surface area contributed by atoms with Gasteiger partial charge in [0.15, 0.2) is 17.3 Å². The first-order valence-corrected chi connectivity index (χ1v) is 11.4. The molecule has 3 aromatic rings. The number of carbonyl (C=O) groups is 1. The number of aryl methyl sites for hydroxylation is 1. The van der Waals surface area contributed by atoms with Crippen molar-refractivity contribution in [3.05, 3.63) is 71.3 Å². The first kappa shape index (κ1) is 22.8. The zero-order chi connectivity index (χ0) is 23.2. The molecule has 1 aliphatic rings. The zero-order valence-electron chi connectivity index (χ0n) is 19.2. The Morgan fingerprint density at radius 3 is 2.73 bits per heavy atom. The Morgan fingerprint density at radius 2 is 1.94 bits per heavy atom. The molecule has 1 aliphatic heterocycles. The van der Waals surface area contributed by atoms with Crippen molar-refractivity contribution in [3.63, 3.8) is 0 Å². The maximum Gasteiger partial charge on any atom is 0.220 e. The zero-order valence-corrected chi connectivity index (χ0v) is 19.2. The number of fused-ring (bicyclic) bond motifs is 1. The second-order valence-corrected chi connectivity index (χ2v) is 8.43. The number of benzene rings is 2. The molecule has 0 aliphatic carbocycles. The lowest BCUT2D eigenvalue weighted by Crippen LogP contribution is -2.30. The van der Waals surface area contributed by atoms with E-state index in [0.29, 0.717) is 18.6 Å². The van der Waals surface area contributed by atoms with Crippen LogP contribution in [0.15, 0.2) is 48.5 Å². The fourth-order valence-corrected chi connectivity index (χ4v) is 4.23. The van der Waals surface area contributed by atoms with Crippen LogP contribution in [0.1, 0.15) is 42.2 Å². The lowest BCUT2D eigenvalue weighted by atomic mass is 10.1. The highest BCUT2D eigenvalue weighted by molar-refractivity contribution is 5.76. The number of hydrogen-bond donors (Lipinski definition) is 2. The summed E-state index contributed by atoms with van der Waals surface area (Å²) < 4.78 is 7.37. The van der Waals surface area contributed by atoms with Crippen LogP contribution in [0.2, 0.25) is 0 Å². The minimum atomic E-state index is -0.206. The van der Waals surface area contributed by atoms with Crippen molar-refractivity contribution in [1.82, 2.24) is 25.0 Å². The molecule has 33 heavy (non-hydrogen) atoms. The van der Waals surface area contributed by atoms with Gasteiger partial charge in [-0.15, -0.1) is 10.2 Å². The molecule has 174 valence electrons. The van der Waals surface area contributed by atoms with E-state index in [4.69, 9.17) is 4.74 Å². The van der Waals surface area contributed by atoms with Gasteiger partial charge < -0.3 is 19.7 Å². The van der Waals surface area contributed by atoms with E-state index in [2.05, 4.69) is 25.0 Å². The smallest absolute Gasteiger partial charge is 0.220 e. The van der Waals surface area contributed by atoms with E-state index in [1.807, 2.05) is 49.4 Å². The van der Waals surface area contributed by atoms with Gasteiger partial charge in [-0.2, -0.15) is 0 Å². The molecular weight excluding hydrogens is 418 g/mol. The molecule has 0 fully saturated rings. The van der Waals surface area contributed by atoms with Gasteiger partial charge in [-0.1, -0.05) is 36.4 Å². The second kappa shape index (κ2) is 10.5. The Kier molecular flexibility index (Phi) is 7.24. The number of nitrogens with zero attached hydrogens (tertiary/aromatic N) is 4. The van der Waals surface area contributed by atoms with Gasteiger partial charge in [-0.3, -0.25) is 9.69 Å². The van der Waals surface area contributed by atoms with Gasteiger partial charge in [0.25, 0.3) is 0 Å². The summed E-state index contributed by atoms with van der Waals surface area (Å²) in [6.45, 7) is 5.19. The quantitative estimate of drug-likeness (QED) is 0.549. The number of aromatic nitrogens is 3. The highest BCUT2D eigenvalue weighted by Gasteiger charge is 2.23. The summed E-state index contributed by atoms with van der Waals surface area (Å²) in [7, 11) is 1.56. The van der Waals surface area contributed by atoms with E-state index in [-0.39, 0.29) is 17.7 Å². The summed E-state index contributed by atoms with van der Waals surface area (Å²) in [6.07, 6.45) is 1.95. The van der Waals surface area contributed by atoms with Crippen molar-refractivity contribution in [1.29, 1.82) is 0 Å². The third-order valence-electron chi connectivity index (χ3n) is 6.05. The van der Waals surface area contributed by atoms with Gasteiger partial charge >= 0.3 is 0 Å². The van der Waals surface area contributed by atoms with Gasteiger partial charge in [0, 0.05) is 39.0 Å². The van der Waals surface area contributed by atoms with Crippen LogP contribution >= 0.6 is 0 Å². The van der Waals surface area contributed by atoms with Crippen LogP contribution in [0.25, 0.3) is 0 Å². The molecule has 2 N–H and O–H groups in total. The Hall–Kier alpha value is -3.39. The van der Waals surface area contributed by atoms with Crippen LogP contribution < -0.4 is 10.1 Å². The molecule has 0 radical (unpaired) electrons. The van der Waals surface area contributed by atoms with E-state index in [1.165, 1.54) is 0 Å². The number of methoxy groups -OCH3 is 1. The van der Waals surface area contributed by atoms with Crippen LogP contribution in [0.5, 0.6) is 11.5 Å². The molecule has 0 bridgehead atoms. The monoisotopic (exact) mass is 449 g/mol. The summed E-state index contributed by atoms with van der Waals surface area (Å²) in [5.74, 6) is 2.39. The fourth-order valence-electron chi connectivity index (χ4n) is 4.23. The second-order valence-electron chi connectivity index (χ2n) is 8.43. The molecule has 1 amide bonds. The van der Waals surface area contributed by atoms with Crippen molar-refractivity contribution < 1.29 is 14.6 Å². The molecule has 8 nitrogen and oxygen atoms in total. The van der Waals surface area contributed by atoms with Crippen molar-refractivity contribution in [2.45, 2.75) is 45.3 Å². The van der Waals surface area contributed by atoms with Crippen molar-refractivity contribution in [2.24, 2.45) is 0 Å². The maximum absolute atomic E-state index is 12.5. The van der Waals surface area contributed by atoms with Crippen LogP contribution in [-0.2, 0) is 30.7 Å². The number of amides is 1. The molecule has 1 aromatic heterocycles. The third-order valence-corrected chi connectivity index (χ3v) is 6.05. The summed E-state index contributed by atoms with van der Waals surface area (Å²) in [6, 6.07) is 15.3. The SMILES string of the molecule is COc1cc(CN2CCc3nnc([C@H](C)NC(=O)CCc4ccccc4)n3CC2)ccc1O. The number of nitrogens with one attached hydrogen (secondary N) is 1. The predicted octanol–water partition coefficient (Wildman–Crippen LogP) is 2.86. The van der Waals surface area contributed by atoms with Crippen LogP contribution in [0.3, 0.4) is 0 Å². The number of phenols is 1. The maximum atomic E-state index is 12.5. The van der Waals surface area contributed by atoms with Gasteiger partial charge in [-0.25, -0.2) is 0 Å². The molecular formula is C25H31N5O3. The first-order chi connectivity index (χ1) is 16.0. The van der Waals surface area contributed by atoms with Crippen molar-refractivity contribution in [3.8, 4) is 11.5 Å². The molecule has 2 heterocycles. The summed E-state index contributed by atoms with van der Waals surface area (Å²) in [5.41, 5.74) is 2.24. The minimum Gasteiger partial charge on any atom is -0.504 e. The van der Waals surface area contributed by atoms with Gasteiger partial charge in [0.2, 0.25) is 5.91 Å². The van der Waals surface area contributed by atoms with Crippen molar-refractivity contribution in [2.75, 3.05) is 20.2 Å². The molecule has 0 spiro atoms.